The molecule has 1 aliphatic rings. The molecule has 0 aromatic carbocycles. The molecule has 0 aromatic rings. The van der Waals surface area contributed by atoms with Gasteiger partial charge in [0.2, 0.25) is 0 Å². The van der Waals surface area contributed by atoms with Gasteiger partial charge in [-0.15, -0.1) is 0 Å². The van der Waals surface area contributed by atoms with E-state index in [9.17, 15) is 0 Å². The molecule has 0 bridgehead atoms. The van der Waals surface area contributed by atoms with E-state index in [2.05, 4.69) is 47.1 Å². The molecule has 2 heteroatoms. The van der Waals surface area contributed by atoms with Crippen LogP contribution in [-0.2, 0) is 4.74 Å². The highest BCUT2D eigenvalue weighted by Crippen LogP contribution is 2.49. The predicted octanol–water partition coefficient (Wildman–Crippen LogP) is 3.70. The molecule has 0 fully saturated rings. The number of hydrogen-bond donors (Lipinski definition) is 1. The fourth-order valence-corrected chi connectivity index (χ4v) is 3.19. The molecular weight excluding hydrogens is 192 g/mol. The molecule has 1 nitrogen and oxygen atoms in total. The largest absolute Gasteiger partial charge is 0.483 e. The van der Waals surface area contributed by atoms with Gasteiger partial charge in [0.1, 0.15) is 10.7 Å². The Morgan fingerprint density at radius 2 is 1.71 bits per heavy atom. The van der Waals surface area contributed by atoms with Crippen LogP contribution in [0.15, 0.2) is 10.7 Å². The lowest BCUT2D eigenvalue weighted by Gasteiger charge is -2.23. The summed E-state index contributed by atoms with van der Waals surface area (Å²) >= 11 is 0. The van der Waals surface area contributed by atoms with E-state index in [1.165, 1.54) is 10.7 Å². The van der Waals surface area contributed by atoms with Gasteiger partial charge in [-0.25, -0.2) is 10.9 Å². The van der Waals surface area contributed by atoms with Crippen molar-refractivity contribution in [3.8, 4) is 0 Å². The lowest BCUT2D eigenvalue weighted by atomic mass is 9.83. The molecule has 14 heavy (non-hydrogen) atoms. The van der Waals surface area contributed by atoms with Gasteiger partial charge in [0.25, 0.3) is 0 Å². The van der Waals surface area contributed by atoms with Crippen molar-refractivity contribution in [2.24, 2.45) is 5.41 Å². The van der Waals surface area contributed by atoms with Crippen LogP contribution >= 0.6 is 10.9 Å². The second kappa shape index (κ2) is 3.48. The van der Waals surface area contributed by atoms with E-state index < -0.39 is 0 Å². The Morgan fingerprint density at radius 1 is 1.21 bits per heavy atom. The van der Waals surface area contributed by atoms with Gasteiger partial charge in [0.05, 0.1) is 0 Å². The van der Waals surface area contributed by atoms with E-state index in [0.717, 1.165) is 6.42 Å². The van der Waals surface area contributed by atoms with Gasteiger partial charge in [-0.2, -0.15) is 0 Å². The molecule has 1 aliphatic heterocycles. The monoisotopic (exact) mass is 216 g/mol. The lowest BCUT2D eigenvalue weighted by molar-refractivity contribution is 0.0757. The predicted molar refractivity (Wildman–Crippen MR) is 67.1 cm³/mol. The van der Waals surface area contributed by atoms with Gasteiger partial charge in [0, 0.05) is 6.42 Å². The number of hydrogen-bond acceptors (Lipinski definition) is 1. The maximum atomic E-state index is 6.06. The van der Waals surface area contributed by atoms with Gasteiger partial charge in [-0.3, -0.25) is 0 Å². The first-order valence-corrected chi connectivity index (χ1v) is 7.47. The van der Waals surface area contributed by atoms with Gasteiger partial charge < -0.3 is 4.74 Å². The van der Waals surface area contributed by atoms with Crippen LogP contribution in [0, 0.1) is 5.41 Å². The molecule has 84 valence electrons. The molecule has 0 atom stereocenters. The molecule has 0 radical (unpaired) electrons. The topological polar surface area (TPSA) is 9.23 Å². The molecule has 1 rings (SSSR count). The third-order valence-electron chi connectivity index (χ3n) is 2.55. The summed E-state index contributed by atoms with van der Waals surface area (Å²) < 4.78 is 6.06. The third-order valence-corrected chi connectivity index (χ3v) is 3.72. The van der Waals surface area contributed by atoms with Crippen LogP contribution in [0.5, 0.6) is 0 Å². The summed E-state index contributed by atoms with van der Waals surface area (Å²) in [6.45, 7) is 11.2. The SMILES string of the molecule is C[SH](C)C1=C(C(C)(C)C)CC(C)(C)O1. The van der Waals surface area contributed by atoms with Crippen molar-refractivity contribution in [1.29, 1.82) is 0 Å². The van der Waals surface area contributed by atoms with Crippen molar-refractivity contribution in [2.75, 3.05) is 12.5 Å². The van der Waals surface area contributed by atoms with Crippen molar-refractivity contribution in [2.45, 2.75) is 46.6 Å². The van der Waals surface area contributed by atoms with Crippen LogP contribution in [0.4, 0.5) is 0 Å². The van der Waals surface area contributed by atoms with Crippen molar-refractivity contribution in [3.05, 3.63) is 10.7 Å². The Bertz CT molecular complexity index is 256. The minimum atomic E-state index is -0.106. The quantitative estimate of drug-likeness (QED) is 0.658. The van der Waals surface area contributed by atoms with Crippen LogP contribution in [0.1, 0.15) is 41.0 Å². The molecule has 0 spiro atoms. The van der Waals surface area contributed by atoms with Crippen LogP contribution < -0.4 is 0 Å². The fraction of sp³-hybridized carbons (Fsp3) is 0.833. The molecule has 1 heterocycles. The molecule has 0 unspecified atom stereocenters. The molecular formula is C12H24OS. The number of thiol groups is 1. The molecule has 0 saturated carbocycles. The summed E-state index contributed by atoms with van der Waals surface area (Å²) in [4.78, 5) is 0. The van der Waals surface area contributed by atoms with E-state index in [-0.39, 0.29) is 21.9 Å². The first-order valence-electron chi connectivity index (χ1n) is 5.23. The van der Waals surface area contributed by atoms with E-state index in [4.69, 9.17) is 4.74 Å². The highest BCUT2D eigenvalue weighted by Gasteiger charge is 2.37. The maximum Gasteiger partial charge on any atom is 0.133 e. The summed E-state index contributed by atoms with van der Waals surface area (Å²) in [5.41, 5.74) is 1.80. The third kappa shape index (κ3) is 2.47. The van der Waals surface area contributed by atoms with Gasteiger partial charge in [-0.1, -0.05) is 20.8 Å². The van der Waals surface area contributed by atoms with Crippen LogP contribution in [0.25, 0.3) is 0 Å². The van der Waals surface area contributed by atoms with Crippen molar-refractivity contribution < 1.29 is 4.74 Å². The lowest BCUT2D eigenvalue weighted by Crippen LogP contribution is -2.19. The first kappa shape index (κ1) is 12.0. The van der Waals surface area contributed by atoms with Gasteiger partial charge >= 0.3 is 0 Å². The fourth-order valence-electron chi connectivity index (χ4n) is 1.81. The summed E-state index contributed by atoms with van der Waals surface area (Å²) in [6, 6.07) is 0. The van der Waals surface area contributed by atoms with Crippen molar-refractivity contribution in [3.63, 3.8) is 0 Å². The molecule has 0 aliphatic carbocycles. The second-order valence-corrected chi connectivity index (χ2v) is 8.16. The zero-order chi connectivity index (χ0) is 11.1. The summed E-state index contributed by atoms with van der Waals surface area (Å²) in [5.74, 6) is 0. The zero-order valence-electron chi connectivity index (χ0n) is 10.6. The number of ether oxygens (including phenoxy) is 1. The van der Waals surface area contributed by atoms with E-state index >= 15 is 0 Å². The van der Waals surface area contributed by atoms with Crippen molar-refractivity contribution in [1.82, 2.24) is 0 Å². The summed E-state index contributed by atoms with van der Waals surface area (Å²) in [6.07, 6.45) is 5.64. The minimum absolute atomic E-state index is 0.0184. The Morgan fingerprint density at radius 3 is 2.00 bits per heavy atom. The highest BCUT2D eigenvalue weighted by molar-refractivity contribution is 8.19. The standard InChI is InChI=1S/C12H24OS/c1-11(2,3)9-8-12(4,5)13-10(9)14(6)7/h14H,8H2,1-7H3. The van der Waals surface area contributed by atoms with Crippen LogP contribution in [0.2, 0.25) is 0 Å². The van der Waals surface area contributed by atoms with Gasteiger partial charge in [0.15, 0.2) is 0 Å². The maximum absolute atomic E-state index is 6.06. The molecule has 0 aromatic heterocycles. The first-order chi connectivity index (χ1) is 6.13. The summed E-state index contributed by atoms with van der Waals surface area (Å²) in [7, 11) is -0.106. The molecule has 0 N–H and O–H groups in total. The average molecular weight is 216 g/mol. The zero-order valence-corrected chi connectivity index (χ0v) is 11.5. The van der Waals surface area contributed by atoms with Crippen LogP contribution in [0.3, 0.4) is 0 Å². The van der Waals surface area contributed by atoms with Crippen LogP contribution in [-0.4, -0.2) is 18.1 Å². The Labute approximate surface area is 91.3 Å². The minimum Gasteiger partial charge on any atom is -0.483 e. The highest BCUT2D eigenvalue weighted by atomic mass is 32.2. The Hall–Kier alpha value is -0.110. The summed E-state index contributed by atoms with van der Waals surface area (Å²) in [5, 5.41) is 1.29. The normalized spacial score (nSPS) is 22.4. The number of rotatable bonds is 1. The smallest absolute Gasteiger partial charge is 0.133 e. The average Bonchev–Trinajstić information content (AvgIpc) is 2.24. The molecule has 0 saturated heterocycles. The van der Waals surface area contributed by atoms with E-state index in [0.29, 0.717) is 0 Å². The Balaban J connectivity index is 3.03. The molecule has 0 amide bonds. The Kier molecular flexibility index (Phi) is 2.97. The van der Waals surface area contributed by atoms with Gasteiger partial charge in [-0.05, 0) is 37.3 Å². The van der Waals surface area contributed by atoms with Crippen molar-refractivity contribution >= 4 is 10.9 Å². The van der Waals surface area contributed by atoms with E-state index in [1.807, 2.05) is 0 Å². The van der Waals surface area contributed by atoms with E-state index in [1.54, 1.807) is 0 Å². The second-order valence-electron chi connectivity index (χ2n) is 5.97.